The van der Waals surface area contributed by atoms with Gasteiger partial charge in [-0.3, -0.25) is 9.97 Å². The summed E-state index contributed by atoms with van der Waals surface area (Å²) in [5.74, 6) is 0. The second-order valence-corrected chi connectivity index (χ2v) is 5.29. The van der Waals surface area contributed by atoms with E-state index in [1.165, 1.54) is 11.1 Å². The Hall–Kier alpha value is -2.46. The van der Waals surface area contributed by atoms with Crippen LogP contribution in [0.5, 0.6) is 0 Å². The number of pyridine rings is 2. The average molecular weight is 276 g/mol. The van der Waals surface area contributed by atoms with Crippen molar-refractivity contribution in [3.05, 3.63) is 60.0 Å². The molecule has 0 saturated carbocycles. The van der Waals surface area contributed by atoms with Crippen molar-refractivity contribution >= 4 is 22.3 Å². The first kappa shape index (κ1) is 12.3. The van der Waals surface area contributed by atoms with Gasteiger partial charge >= 0.3 is 0 Å². The Balaban J connectivity index is 1.71. The average Bonchev–Trinajstić information content (AvgIpc) is 2.55. The summed E-state index contributed by atoms with van der Waals surface area (Å²) in [6.45, 7) is 1.91. The molecule has 0 radical (unpaired) electrons. The van der Waals surface area contributed by atoms with Crippen LogP contribution in [0, 0.1) is 0 Å². The molecule has 3 aromatic rings. The predicted molar refractivity (Wildman–Crippen MR) is 84.7 cm³/mol. The first-order valence-corrected chi connectivity index (χ1v) is 7.18. The highest BCUT2D eigenvalue weighted by Gasteiger charge is 2.13. The molecule has 21 heavy (non-hydrogen) atoms. The number of nitrogens with one attached hydrogen (secondary N) is 2. The fraction of sp³-hybridized carbons (Fsp3) is 0.176. The van der Waals surface area contributed by atoms with Gasteiger partial charge in [-0.15, -0.1) is 0 Å². The number of para-hydroxylation sites is 1. The maximum atomic E-state index is 4.49. The van der Waals surface area contributed by atoms with Crippen LogP contribution in [0.25, 0.3) is 10.9 Å². The lowest BCUT2D eigenvalue weighted by Gasteiger charge is -2.20. The van der Waals surface area contributed by atoms with Crippen LogP contribution in [0.4, 0.5) is 11.4 Å². The Morgan fingerprint density at radius 3 is 3.05 bits per heavy atom. The summed E-state index contributed by atoms with van der Waals surface area (Å²) in [7, 11) is 0. The van der Waals surface area contributed by atoms with Gasteiger partial charge in [0.2, 0.25) is 0 Å². The Morgan fingerprint density at radius 2 is 2.05 bits per heavy atom. The van der Waals surface area contributed by atoms with E-state index in [-0.39, 0.29) is 0 Å². The molecule has 0 atom stereocenters. The molecule has 4 nitrogen and oxygen atoms in total. The lowest BCUT2D eigenvalue weighted by Crippen LogP contribution is -2.24. The molecule has 0 aliphatic carbocycles. The van der Waals surface area contributed by atoms with Crippen LogP contribution < -0.4 is 10.6 Å². The number of nitrogens with zero attached hydrogens (tertiary/aromatic N) is 2. The number of aromatic nitrogens is 2. The molecule has 4 rings (SSSR count). The van der Waals surface area contributed by atoms with Crippen molar-refractivity contribution in [1.82, 2.24) is 15.3 Å². The van der Waals surface area contributed by atoms with E-state index in [0.717, 1.165) is 41.8 Å². The molecule has 0 bridgehead atoms. The third-order valence-electron chi connectivity index (χ3n) is 3.88. The van der Waals surface area contributed by atoms with Crippen molar-refractivity contribution < 1.29 is 0 Å². The van der Waals surface area contributed by atoms with E-state index in [9.17, 15) is 0 Å². The molecule has 0 fully saturated rings. The Labute approximate surface area is 123 Å². The van der Waals surface area contributed by atoms with Crippen LogP contribution in [0.3, 0.4) is 0 Å². The van der Waals surface area contributed by atoms with Crippen molar-refractivity contribution in [3.63, 3.8) is 0 Å². The van der Waals surface area contributed by atoms with Gasteiger partial charge in [0.15, 0.2) is 0 Å². The van der Waals surface area contributed by atoms with E-state index < -0.39 is 0 Å². The second kappa shape index (κ2) is 5.14. The predicted octanol–water partition coefficient (Wildman–Crippen LogP) is 3.02. The van der Waals surface area contributed by atoms with Crippen molar-refractivity contribution in [3.8, 4) is 0 Å². The highest BCUT2D eigenvalue weighted by atomic mass is 14.9. The number of anilines is 2. The standard InChI is InChI=1S/C17H16N4/c1-2-4-16-12(3-1)7-14(10-20-16)21-17-11-19-9-13-8-18-6-5-15(13)17/h1-4,7,9-11,18,21H,5-6,8H2. The first-order valence-electron chi connectivity index (χ1n) is 7.18. The van der Waals surface area contributed by atoms with Gasteiger partial charge in [0.1, 0.15) is 0 Å². The normalized spacial score (nSPS) is 13.9. The molecular formula is C17H16N4. The molecule has 4 heteroatoms. The molecule has 2 aromatic heterocycles. The first-order chi connectivity index (χ1) is 10.4. The van der Waals surface area contributed by atoms with Gasteiger partial charge in [0.05, 0.1) is 29.3 Å². The highest BCUT2D eigenvalue weighted by Crippen LogP contribution is 2.26. The van der Waals surface area contributed by atoms with Crippen LogP contribution in [-0.4, -0.2) is 16.5 Å². The van der Waals surface area contributed by atoms with Crippen LogP contribution in [-0.2, 0) is 13.0 Å². The number of rotatable bonds is 2. The Morgan fingerprint density at radius 1 is 1.10 bits per heavy atom. The number of hydrogen-bond donors (Lipinski definition) is 2. The van der Waals surface area contributed by atoms with Crippen LogP contribution >= 0.6 is 0 Å². The molecule has 0 amide bonds. The molecule has 1 aliphatic rings. The smallest absolute Gasteiger partial charge is 0.0703 e. The minimum Gasteiger partial charge on any atom is -0.353 e. The van der Waals surface area contributed by atoms with Gasteiger partial charge in [0, 0.05) is 18.1 Å². The summed E-state index contributed by atoms with van der Waals surface area (Å²) < 4.78 is 0. The fourth-order valence-corrected chi connectivity index (χ4v) is 2.82. The highest BCUT2D eigenvalue weighted by molar-refractivity contribution is 5.82. The van der Waals surface area contributed by atoms with Gasteiger partial charge < -0.3 is 10.6 Å². The summed E-state index contributed by atoms with van der Waals surface area (Å²) in [5.41, 5.74) is 5.74. The molecule has 0 unspecified atom stereocenters. The third kappa shape index (κ3) is 2.34. The third-order valence-corrected chi connectivity index (χ3v) is 3.88. The molecule has 1 aromatic carbocycles. The van der Waals surface area contributed by atoms with Crippen molar-refractivity contribution in [2.75, 3.05) is 11.9 Å². The minimum atomic E-state index is 0.897. The van der Waals surface area contributed by atoms with Gasteiger partial charge in [-0.25, -0.2) is 0 Å². The van der Waals surface area contributed by atoms with Crippen LogP contribution in [0.15, 0.2) is 48.9 Å². The molecule has 3 heterocycles. The molecular weight excluding hydrogens is 260 g/mol. The van der Waals surface area contributed by atoms with E-state index in [1.54, 1.807) is 0 Å². The molecule has 2 N–H and O–H groups in total. The SMILES string of the molecule is c1ccc2ncc(Nc3cncc4c3CCNC4)cc2c1. The van der Waals surface area contributed by atoms with Crippen LogP contribution in [0.2, 0.25) is 0 Å². The zero-order chi connectivity index (χ0) is 14.1. The second-order valence-electron chi connectivity index (χ2n) is 5.29. The summed E-state index contributed by atoms with van der Waals surface area (Å²) in [4.78, 5) is 8.83. The summed E-state index contributed by atoms with van der Waals surface area (Å²) in [5, 5.41) is 7.99. The van der Waals surface area contributed by atoms with Crippen LogP contribution in [0.1, 0.15) is 11.1 Å². The zero-order valence-corrected chi connectivity index (χ0v) is 11.6. The monoisotopic (exact) mass is 276 g/mol. The molecule has 0 spiro atoms. The molecule has 0 saturated heterocycles. The van der Waals surface area contributed by atoms with E-state index in [1.807, 2.05) is 36.8 Å². The number of fused-ring (bicyclic) bond motifs is 2. The van der Waals surface area contributed by atoms with Gasteiger partial charge in [0.25, 0.3) is 0 Å². The summed E-state index contributed by atoms with van der Waals surface area (Å²) >= 11 is 0. The molecule has 1 aliphatic heterocycles. The topological polar surface area (TPSA) is 49.8 Å². The van der Waals surface area contributed by atoms with Gasteiger partial charge in [-0.1, -0.05) is 18.2 Å². The lowest BCUT2D eigenvalue weighted by atomic mass is 10.0. The van der Waals surface area contributed by atoms with E-state index in [0.29, 0.717) is 0 Å². The quantitative estimate of drug-likeness (QED) is 0.755. The lowest BCUT2D eigenvalue weighted by molar-refractivity contribution is 0.642. The van der Waals surface area contributed by atoms with Crippen molar-refractivity contribution in [1.29, 1.82) is 0 Å². The van der Waals surface area contributed by atoms with Crippen molar-refractivity contribution in [2.45, 2.75) is 13.0 Å². The molecule has 104 valence electrons. The maximum absolute atomic E-state index is 4.49. The van der Waals surface area contributed by atoms with E-state index in [2.05, 4.69) is 32.7 Å². The Bertz CT molecular complexity index is 798. The van der Waals surface area contributed by atoms with E-state index in [4.69, 9.17) is 0 Å². The van der Waals surface area contributed by atoms with E-state index >= 15 is 0 Å². The zero-order valence-electron chi connectivity index (χ0n) is 11.6. The minimum absolute atomic E-state index is 0.897. The Kier molecular flexibility index (Phi) is 3.01. The largest absolute Gasteiger partial charge is 0.353 e. The fourth-order valence-electron chi connectivity index (χ4n) is 2.82. The summed E-state index contributed by atoms with van der Waals surface area (Å²) in [6, 6.07) is 10.3. The maximum Gasteiger partial charge on any atom is 0.0703 e. The number of benzene rings is 1. The summed E-state index contributed by atoms with van der Waals surface area (Å²) in [6.07, 6.45) is 6.76. The van der Waals surface area contributed by atoms with Crippen molar-refractivity contribution in [2.24, 2.45) is 0 Å². The van der Waals surface area contributed by atoms with Gasteiger partial charge in [-0.2, -0.15) is 0 Å². The van der Waals surface area contributed by atoms with Gasteiger partial charge in [-0.05, 0) is 36.2 Å². The number of hydrogen-bond acceptors (Lipinski definition) is 4.